The first kappa shape index (κ1) is 13.7. The standard InChI is InChI=1S/C9H15N5O5/c10-7-4(8(18)13-11)12-2-14(7)9-6(17)5(16)3(1-15)19-9/h2-3,5-6,9,15-17H,1,10-11H2,(H,13,18)/t3-,5+,6+,9+/m0/s1. The molecule has 1 amide bonds. The minimum absolute atomic E-state index is 0.0715. The monoisotopic (exact) mass is 273 g/mol. The van der Waals surface area contributed by atoms with Gasteiger partial charge >= 0.3 is 0 Å². The summed E-state index contributed by atoms with van der Waals surface area (Å²) in [5.41, 5.74) is 7.46. The Hall–Kier alpha value is -1.72. The fourth-order valence-electron chi connectivity index (χ4n) is 1.93. The van der Waals surface area contributed by atoms with Gasteiger partial charge in [0.25, 0.3) is 5.91 Å². The Morgan fingerprint density at radius 2 is 2.21 bits per heavy atom. The highest BCUT2D eigenvalue weighted by Crippen LogP contribution is 2.31. The molecule has 0 bridgehead atoms. The number of carbonyl (C=O) groups excluding carboxylic acids is 1. The summed E-state index contributed by atoms with van der Waals surface area (Å²) in [6.07, 6.45) is -3.36. The predicted molar refractivity (Wildman–Crippen MR) is 61.3 cm³/mol. The molecule has 1 saturated heterocycles. The maximum absolute atomic E-state index is 11.3. The SMILES string of the molecule is NNC(=O)c1ncn([C@@H]2O[C@@H](CO)[C@@H](O)[C@H]2O)c1N. The van der Waals surface area contributed by atoms with Crippen molar-refractivity contribution in [3.05, 3.63) is 12.0 Å². The van der Waals surface area contributed by atoms with Gasteiger partial charge in [0.15, 0.2) is 11.9 Å². The van der Waals surface area contributed by atoms with E-state index in [0.717, 1.165) is 0 Å². The summed E-state index contributed by atoms with van der Waals surface area (Å²) in [7, 11) is 0. The third-order valence-corrected chi connectivity index (χ3v) is 2.97. The molecule has 10 nitrogen and oxygen atoms in total. The average molecular weight is 273 g/mol. The molecule has 1 aliphatic rings. The number of aromatic nitrogens is 2. The van der Waals surface area contributed by atoms with Gasteiger partial charge in [-0.3, -0.25) is 14.8 Å². The average Bonchev–Trinajstić information content (AvgIpc) is 2.91. The van der Waals surface area contributed by atoms with E-state index >= 15 is 0 Å². The molecule has 0 saturated carbocycles. The van der Waals surface area contributed by atoms with E-state index in [1.54, 1.807) is 0 Å². The highest BCUT2D eigenvalue weighted by Gasteiger charge is 2.44. The van der Waals surface area contributed by atoms with Gasteiger partial charge in [-0.2, -0.15) is 0 Å². The number of hydrazine groups is 1. The maximum Gasteiger partial charge on any atom is 0.287 e. The van der Waals surface area contributed by atoms with Crippen molar-refractivity contribution in [3.63, 3.8) is 0 Å². The van der Waals surface area contributed by atoms with Crippen LogP contribution >= 0.6 is 0 Å². The lowest BCUT2D eigenvalue weighted by molar-refractivity contribution is -0.0518. The lowest BCUT2D eigenvalue weighted by Crippen LogP contribution is -2.33. The number of amides is 1. The fourth-order valence-corrected chi connectivity index (χ4v) is 1.93. The fraction of sp³-hybridized carbons (Fsp3) is 0.556. The van der Waals surface area contributed by atoms with E-state index in [0.29, 0.717) is 0 Å². The van der Waals surface area contributed by atoms with Crippen molar-refractivity contribution < 1.29 is 24.9 Å². The molecule has 1 aromatic heterocycles. The number of hydrogen-bond donors (Lipinski definition) is 6. The van der Waals surface area contributed by atoms with Gasteiger partial charge in [0, 0.05) is 0 Å². The van der Waals surface area contributed by atoms with Crippen molar-refractivity contribution >= 4 is 11.7 Å². The Balaban J connectivity index is 2.28. The molecule has 0 aliphatic carbocycles. The molecule has 106 valence electrons. The molecule has 2 rings (SSSR count). The lowest BCUT2D eigenvalue weighted by atomic mass is 10.1. The Bertz CT molecular complexity index is 478. The number of nitrogens with two attached hydrogens (primary N) is 2. The number of aliphatic hydroxyl groups excluding tert-OH is 3. The Morgan fingerprint density at radius 1 is 1.53 bits per heavy atom. The topological polar surface area (TPSA) is 169 Å². The van der Waals surface area contributed by atoms with Crippen molar-refractivity contribution in [2.75, 3.05) is 12.3 Å². The van der Waals surface area contributed by atoms with Crippen LogP contribution < -0.4 is 17.0 Å². The van der Waals surface area contributed by atoms with Crippen LogP contribution in [-0.2, 0) is 4.74 Å². The third kappa shape index (κ3) is 2.15. The normalized spacial score (nSPS) is 30.5. The maximum atomic E-state index is 11.3. The zero-order valence-electron chi connectivity index (χ0n) is 9.80. The summed E-state index contributed by atoms with van der Waals surface area (Å²) in [6, 6.07) is 0. The Morgan fingerprint density at radius 3 is 2.74 bits per heavy atom. The summed E-state index contributed by atoms with van der Waals surface area (Å²) in [5, 5.41) is 28.4. The number of aliphatic hydroxyl groups is 3. The van der Waals surface area contributed by atoms with Gasteiger partial charge in [-0.1, -0.05) is 0 Å². The zero-order chi connectivity index (χ0) is 14.2. The van der Waals surface area contributed by atoms with Crippen molar-refractivity contribution in [2.24, 2.45) is 5.84 Å². The smallest absolute Gasteiger partial charge is 0.287 e. The number of nitrogens with zero attached hydrogens (tertiary/aromatic N) is 2. The summed E-state index contributed by atoms with van der Waals surface area (Å²) >= 11 is 0. The molecule has 0 unspecified atom stereocenters. The van der Waals surface area contributed by atoms with Crippen molar-refractivity contribution in [2.45, 2.75) is 24.5 Å². The first-order valence-electron chi connectivity index (χ1n) is 5.47. The first-order valence-corrected chi connectivity index (χ1v) is 5.47. The second-order valence-corrected chi connectivity index (χ2v) is 4.09. The molecule has 1 aromatic rings. The predicted octanol–water partition coefficient (Wildman–Crippen LogP) is -3.32. The molecule has 0 aromatic carbocycles. The number of anilines is 1. The molecular formula is C9H15N5O5. The minimum atomic E-state index is -1.30. The number of imidazole rings is 1. The Labute approximate surface area is 107 Å². The second-order valence-electron chi connectivity index (χ2n) is 4.09. The van der Waals surface area contributed by atoms with Gasteiger partial charge < -0.3 is 25.8 Å². The molecule has 1 fully saturated rings. The van der Waals surface area contributed by atoms with E-state index in [1.165, 1.54) is 10.9 Å². The molecule has 2 heterocycles. The largest absolute Gasteiger partial charge is 0.394 e. The minimum Gasteiger partial charge on any atom is -0.394 e. The number of rotatable bonds is 3. The van der Waals surface area contributed by atoms with Crippen LogP contribution in [0, 0.1) is 0 Å². The van der Waals surface area contributed by atoms with E-state index in [1.807, 2.05) is 5.43 Å². The highest BCUT2D eigenvalue weighted by molar-refractivity contribution is 5.96. The van der Waals surface area contributed by atoms with E-state index in [2.05, 4.69) is 4.98 Å². The Kier molecular flexibility index (Phi) is 3.68. The summed E-state index contributed by atoms with van der Waals surface area (Å²) < 4.78 is 6.45. The lowest BCUT2D eigenvalue weighted by Gasteiger charge is -2.17. The second kappa shape index (κ2) is 5.11. The number of nitrogens with one attached hydrogen (secondary N) is 1. The van der Waals surface area contributed by atoms with Crippen molar-refractivity contribution in [1.82, 2.24) is 15.0 Å². The van der Waals surface area contributed by atoms with E-state index in [9.17, 15) is 15.0 Å². The van der Waals surface area contributed by atoms with Crippen LogP contribution in [0.4, 0.5) is 5.82 Å². The van der Waals surface area contributed by atoms with E-state index in [4.69, 9.17) is 21.4 Å². The molecule has 0 radical (unpaired) electrons. The molecule has 1 aliphatic heterocycles. The van der Waals surface area contributed by atoms with Crippen LogP contribution in [0.5, 0.6) is 0 Å². The zero-order valence-corrected chi connectivity index (χ0v) is 9.80. The number of hydrogen-bond acceptors (Lipinski definition) is 8. The van der Waals surface area contributed by atoms with Gasteiger partial charge in [0.05, 0.1) is 12.9 Å². The molecule has 10 heteroatoms. The van der Waals surface area contributed by atoms with Gasteiger partial charge in [-0.15, -0.1) is 0 Å². The molecular weight excluding hydrogens is 258 g/mol. The van der Waals surface area contributed by atoms with Crippen LogP contribution in [0.1, 0.15) is 16.7 Å². The van der Waals surface area contributed by atoms with Gasteiger partial charge in [0.2, 0.25) is 0 Å². The number of carbonyl (C=O) groups is 1. The van der Waals surface area contributed by atoms with Crippen LogP contribution in [0.15, 0.2) is 6.33 Å². The van der Waals surface area contributed by atoms with Gasteiger partial charge in [0.1, 0.15) is 24.1 Å². The van der Waals surface area contributed by atoms with Gasteiger partial charge in [-0.25, -0.2) is 10.8 Å². The molecule has 8 N–H and O–H groups in total. The quantitative estimate of drug-likeness (QED) is 0.189. The van der Waals surface area contributed by atoms with Crippen LogP contribution in [-0.4, -0.2) is 55.7 Å². The van der Waals surface area contributed by atoms with Crippen LogP contribution in [0.3, 0.4) is 0 Å². The molecule has 0 spiro atoms. The first-order chi connectivity index (χ1) is 9.01. The summed E-state index contributed by atoms with van der Waals surface area (Å²) in [4.78, 5) is 15.1. The number of nitrogen functional groups attached to an aromatic ring is 2. The van der Waals surface area contributed by atoms with Crippen LogP contribution in [0.25, 0.3) is 0 Å². The van der Waals surface area contributed by atoms with Crippen LogP contribution in [0.2, 0.25) is 0 Å². The van der Waals surface area contributed by atoms with Crippen molar-refractivity contribution in [1.29, 1.82) is 0 Å². The third-order valence-electron chi connectivity index (χ3n) is 2.97. The van der Waals surface area contributed by atoms with Crippen molar-refractivity contribution in [3.8, 4) is 0 Å². The molecule has 4 atom stereocenters. The van der Waals surface area contributed by atoms with E-state index in [-0.39, 0.29) is 11.5 Å². The number of ether oxygens (including phenoxy) is 1. The summed E-state index contributed by atoms with van der Waals surface area (Å²) in [6.45, 7) is -0.459. The summed E-state index contributed by atoms with van der Waals surface area (Å²) in [5.74, 6) is 4.21. The van der Waals surface area contributed by atoms with Gasteiger partial charge in [-0.05, 0) is 0 Å². The molecule has 19 heavy (non-hydrogen) atoms. The van der Waals surface area contributed by atoms with E-state index < -0.39 is 37.1 Å². The highest BCUT2D eigenvalue weighted by atomic mass is 16.6.